The molecular formula is C10H12ClNO2. The van der Waals surface area contributed by atoms with E-state index in [1.807, 2.05) is 0 Å². The smallest absolute Gasteiger partial charge is 0.306 e. The first-order valence-electron chi connectivity index (χ1n) is 4.27. The molecule has 0 aromatic heterocycles. The van der Waals surface area contributed by atoms with Crippen molar-refractivity contribution >= 4 is 23.3 Å². The minimum atomic E-state index is -0.807. The molecule has 0 radical (unpaired) electrons. The van der Waals surface area contributed by atoms with Crippen molar-refractivity contribution in [3.05, 3.63) is 28.8 Å². The van der Waals surface area contributed by atoms with Crippen LogP contribution in [0.1, 0.15) is 12.5 Å². The molecule has 0 amide bonds. The van der Waals surface area contributed by atoms with Gasteiger partial charge in [-0.05, 0) is 24.1 Å². The molecule has 0 aliphatic heterocycles. The highest BCUT2D eigenvalue weighted by Crippen LogP contribution is 2.21. The van der Waals surface area contributed by atoms with Crippen molar-refractivity contribution in [2.24, 2.45) is 5.92 Å². The summed E-state index contributed by atoms with van der Waals surface area (Å²) in [4.78, 5) is 10.6. The number of benzene rings is 1. The zero-order chi connectivity index (χ0) is 10.7. The first kappa shape index (κ1) is 10.9. The van der Waals surface area contributed by atoms with Gasteiger partial charge in [-0.1, -0.05) is 24.6 Å². The van der Waals surface area contributed by atoms with Crippen LogP contribution in [0.2, 0.25) is 5.02 Å². The number of aliphatic carboxylic acids is 1. The van der Waals surface area contributed by atoms with Crippen LogP contribution in [-0.2, 0) is 11.2 Å². The Labute approximate surface area is 87.5 Å². The maximum Gasteiger partial charge on any atom is 0.306 e. The Hall–Kier alpha value is -1.22. The van der Waals surface area contributed by atoms with Crippen LogP contribution in [0.3, 0.4) is 0 Å². The lowest BCUT2D eigenvalue weighted by molar-refractivity contribution is -0.141. The van der Waals surface area contributed by atoms with Crippen molar-refractivity contribution in [2.45, 2.75) is 13.3 Å². The fraction of sp³-hybridized carbons (Fsp3) is 0.300. The van der Waals surface area contributed by atoms with Crippen molar-refractivity contribution < 1.29 is 9.90 Å². The second kappa shape index (κ2) is 4.33. The highest BCUT2D eigenvalue weighted by atomic mass is 35.5. The zero-order valence-electron chi connectivity index (χ0n) is 7.83. The standard InChI is InChI=1S/C10H12ClNO2/c1-6(10(13)14)4-7-2-3-8(11)9(12)5-7/h2-3,5-6H,4,12H2,1H3,(H,13,14). The molecule has 1 rings (SSSR count). The molecule has 1 aromatic rings. The van der Waals surface area contributed by atoms with Crippen LogP contribution < -0.4 is 5.73 Å². The summed E-state index contributed by atoms with van der Waals surface area (Å²) in [6.07, 6.45) is 0.469. The minimum absolute atomic E-state index is 0.407. The van der Waals surface area contributed by atoms with Gasteiger partial charge in [-0.2, -0.15) is 0 Å². The maximum atomic E-state index is 10.6. The van der Waals surface area contributed by atoms with Gasteiger partial charge in [0.1, 0.15) is 0 Å². The van der Waals surface area contributed by atoms with Crippen LogP contribution in [0.4, 0.5) is 5.69 Å². The lowest BCUT2D eigenvalue weighted by Crippen LogP contribution is -2.12. The van der Waals surface area contributed by atoms with Crippen molar-refractivity contribution in [1.29, 1.82) is 0 Å². The van der Waals surface area contributed by atoms with E-state index in [1.165, 1.54) is 0 Å². The van der Waals surface area contributed by atoms with E-state index in [0.29, 0.717) is 17.1 Å². The van der Waals surface area contributed by atoms with Gasteiger partial charge in [0, 0.05) is 0 Å². The third-order valence-corrected chi connectivity index (χ3v) is 2.37. The van der Waals surface area contributed by atoms with Gasteiger partial charge in [0.15, 0.2) is 0 Å². The van der Waals surface area contributed by atoms with E-state index >= 15 is 0 Å². The van der Waals surface area contributed by atoms with Crippen LogP contribution in [0, 0.1) is 5.92 Å². The van der Waals surface area contributed by atoms with Crippen LogP contribution in [0.5, 0.6) is 0 Å². The number of rotatable bonds is 3. The molecule has 0 saturated heterocycles. The summed E-state index contributed by atoms with van der Waals surface area (Å²) < 4.78 is 0. The Bertz CT molecular complexity index is 352. The molecule has 1 unspecified atom stereocenters. The van der Waals surface area contributed by atoms with Gasteiger partial charge >= 0.3 is 5.97 Å². The van der Waals surface area contributed by atoms with Gasteiger partial charge < -0.3 is 10.8 Å². The summed E-state index contributed by atoms with van der Waals surface area (Å²) in [6, 6.07) is 5.18. The van der Waals surface area contributed by atoms with Crippen LogP contribution in [0.25, 0.3) is 0 Å². The Morgan fingerprint density at radius 3 is 2.79 bits per heavy atom. The summed E-state index contributed by atoms with van der Waals surface area (Å²) in [5, 5.41) is 9.21. The molecule has 3 nitrogen and oxygen atoms in total. The van der Waals surface area contributed by atoms with E-state index in [9.17, 15) is 4.79 Å². The fourth-order valence-corrected chi connectivity index (χ4v) is 1.28. The van der Waals surface area contributed by atoms with Gasteiger partial charge in [-0.15, -0.1) is 0 Å². The van der Waals surface area contributed by atoms with Crippen LogP contribution in [0.15, 0.2) is 18.2 Å². The lowest BCUT2D eigenvalue weighted by Gasteiger charge is -2.07. The molecule has 0 spiro atoms. The first-order chi connectivity index (χ1) is 6.50. The number of hydrogen-bond donors (Lipinski definition) is 2. The molecule has 0 aliphatic rings. The third-order valence-electron chi connectivity index (χ3n) is 2.02. The second-order valence-electron chi connectivity index (χ2n) is 3.30. The Balaban J connectivity index is 2.78. The monoisotopic (exact) mass is 213 g/mol. The van der Waals surface area contributed by atoms with Gasteiger partial charge in [-0.25, -0.2) is 0 Å². The molecule has 4 heteroatoms. The molecular weight excluding hydrogens is 202 g/mol. The predicted molar refractivity (Wildman–Crippen MR) is 56.4 cm³/mol. The average molecular weight is 214 g/mol. The van der Waals surface area contributed by atoms with E-state index in [2.05, 4.69) is 0 Å². The van der Waals surface area contributed by atoms with E-state index in [4.69, 9.17) is 22.4 Å². The lowest BCUT2D eigenvalue weighted by atomic mass is 10.0. The molecule has 76 valence electrons. The summed E-state index contributed by atoms with van der Waals surface area (Å²) in [5.74, 6) is -1.21. The molecule has 1 atom stereocenters. The molecule has 0 heterocycles. The number of nitrogens with two attached hydrogens (primary N) is 1. The van der Waals surface area contributed by atoms with Crippen molar-refractivity contribution in [1.82, 2.24) is 0 Å². The Morgan fingerprint density at radius 1 is 1.64 bits per heavy atom. The van der Waals surface area contributed by atoms with E-state index in [-0.39, 0.29) is 0 Å². The molecule has 1 aromatic carbocycles. The fourth-order valence-electron chi connectivity index (χ4n) is 1.16. The third kappa shape index (κ3) is 2.64. The second-order valence-corrected chi connectivity index (χ2v) is 3.71. The summed E-state index contributed by atoms with van der Waals surface area (Å²) in [5.41, 5.74) is 6.97. The van der Waals surface area contributed by atoms with Gasteiger partial charge in [-0.3, -0.25) is 4.79 Å². The Morgan fingerprint density at radius 2 is 2.29 bits per heavy atom. The van der Waals surface area contributed by atoms with E-state index in [0.717, 1.165) is 5.56 Å². The number of hydrogen-bond acceptors (Lipinski definition) is 2. The van der Waals surface area contributed by atoms with Crippen LogP contribution >= 0.6 is 11.6 Å². The van der Waals surface area contributed by atoms with Gasteiger partial charge in [0.05, 0.1) is 16.6 Å². The average Bonchev–Trinajstić information content (AvgIpc) is 2.11. The molecule has 0 fully saturated rings. The van der Waals surface area contributed by atoms with Crippen LogP contribution in [-0.4, -0.2) is 11.1 Å². The molecule has 0 aliphatic carbocycles. The maximum absolute atomic E-state index is 10.6. The molecule has 0 saturated carbocycles. The first-order valence-corrected chi connectivity index (χ1v) is 4.65. The highest BCUT2D eigenvalue weighted by molar-refractivity contribution is 6.33. The summed E-state index contributed by atoms with van der Waals surface area (Å²) in [7, 11) is 0. The molecule has 3 N–H and O–H groups in total. The minimum Gasteiger partial charge on any atom is -0.481 e. The number of halogens is 1. The van der Waals surface area contributed by atoms with Gasteiger partial charge in [0.2, 0.25) is 0 Å². The number of anilines is 1. The normalized spacial score (nSPS) is 12.4. The SMILES string of the molecule is CC(Cc1ccc(Cl)c(N)c1)C(=O)O. The number of carbonyl (C=O) groups is 1. The molecule has 14 heavy (non-hydrogen) atoms. The zero-order valence-corrected chi connectivity index (χ0v) is 8.58. The number of nitrogen functional groups attached to an aromatic ring is 1. The predicted octanol–water partition coefficient (Wildman–Crippen LogP) is 2.19. The Kier molecular flexibility index (Phi) is 3.36. The summed E-state index contributed by atoms with van der Waals surface area (Å²) >= 11 is 5.74. The quantitative estimate of drug-likeness (QED) is 0.757. The highest BCUT2D eigenvalue weighted by Gasteiger charge is 2.11. The van der Waals surface area contributed by atoms with Crippen molar-refractivity contribution in [3.8, 4) is 0 Å². The van der Waals surface area contributed by atoms with E-state index in [1.54, 1.807) is 25.1 Å². The number of carboxylic acid groups (broad SMARTS) is 1. The number of carboxylic acids is 1. The van der Waals surface area contributed by atoms with Crippen molar-refractivity contribution in [3.63, 3.8) is 0 Å². The van der Waals surface area contributed by atoms with Crippen molar-refractivity contribution in [2.75, 3.05) is 5.73 Å². The summed E-state index contributed by atoms with van der Waals surface area (Å²) in [6.45, 7) is 1.66. The topological polar surface area (TPSA) is 63.3 Å². The molecule has 0 bridgehead atoms. The van der Waals surface area contributed by atoms with Gasteiger partial charge in [0.25, 0.3) is 0 Å². The largest absolute Gasteiger partial charge is 0.481 e. The van der Waals surface area contributed by atoms with E-state index < -0.39 is 11.9 Å².